The number of amides is 1. The van der Waals surface area contributed by atoms with E-state index in [2.05, 4.69) is 19.2 Å². The molecule has 1 N–H and O–H groups in total. The second-order valence-electron chi connectivity index (χ2n) is 6.21. The van der Waals surface area contributed by atoms with Gasteiger partial charge in [0.1, 0.15) is 0 Å². The number of carbonyl (C=O) groups is 2. The van der Waals surface area contributed by atoms with E-state index in [4.69, 9.17) is 14.2 Å². The summed E-state index contributed by atoms with van der Waals surface area (Å²) in [6, 6.07) is 1.91. The highest BCUT2D eigenvalue weighted by Gasteiger charge is 2.51. The average Bonchev–Trinajstić information content (AvgIpc) is 3.16. The van der Waals surface area contributed by atoms with Gasteiger partial charge in [0.25, 0.3) is 5.91 Å². The maximum atomic E-state index is 12.2. The van der Waals surface area contributed by atoms with Crippen LogP contribution in [-0.4, -0.2) is 43.3 Å². The third-order valence-corrected chi connectivity index (χ3v) is 4.27. The van der Waals surface area contributed by atoms with E-state index >= 15 is 0 Å². The third-order valence-electron chi connectivity index (χ3n) is 3.54. The van der Waals surface area contributed by atoms with Crippen LogP contribution in [0.2, 0.25) is 0 Å². The molecule has 0 aliphatic carbocycles. The number of hydrogen-bond donors (Lipinski definition) is 1. The van der Waals surface area contributed by atoms with E-state index in [9.17, 15) is 9.59 Å². The summed E-state index contributed by atoms with van der Waals surface area (Å²) in [4.78, 5) is 23.7. The standard InChI is InChI=1S/C17H25NO5S/c1-4-22-17(20)15-14(23-15)16(19)18-13(7-11(2)3)9-21-8-12-5-6-24-10-12/h5-6,10-11,13-15H,4,7-9H2,1-3H3,(H,18,19)/t13-,14-,15-/m0/s1. The quantitative estimate of drug-likeness (QED) is 0.514. The number of epoxide rings is 1. The first-order chi connectivity index (χ1) is 11.5. The monoisotopic (exact) mass is 355 g/mol. The zero-order valence-corrected chi connectivity index (χ0v) is 15.1. The Balaban J connectivity index is 1.78. The Morgan fingerprint density at radius 1 is 1.38 bits per heavy atom. The SMILES string of the molecule is CCOC(=O)[C@H]1O[C@@H]1C(=O)N[C@H](COCc1ccsc1)CC(C)C. The van der Waals surface area contributed by atoms with Crippen molar-refractivity contribution in [2.45, 2.75) is 52.0 Å². The molecule has 24 heavy (non-hydrogen) atoms. The van der Waals surface area contributed by atoms with Crippen LogP contribution in [0, 0.1) is 5.92 Å². The van der Waals surface area contributed by atoms with Crippen molar-refractivity contribution in [2.75, 3.05) is 13.2 Å². The van der Waals surface area contributed by atoms with Gasteiger partial charge in [0, 0.05) is 0 Å². The number of thiophene rings is 1. The Morgan fingerprint density at radius 3 is 2.79 bits per heavy atom. The van der Waals surface area contributed by atoms with Crippen molar-refractivity contribution < 1.29 is 23.8 Å². The molecule has 0 unspecified atom stereocenters. The van der Waals surface area contributed by atoms with Gasteiger partial charge in [0.15, 0.2) is 12.2 Å². The third kappa shape index (κ3) is 5.89. The first-order valence-electron chi connectivity index (χ1n) is 8.22. The smallest absolute Gasteiger partial charge is 0.338 e. The van der Waals surface area contributed by atoms with Crippen LogP contribution in [-0.2, 0) is 30.4 Å². The molecular formula is C17H25NO5S. The normalized spacial score (nSPS) is 20.7. The van der Waals surface area contributed by atoms with Crippen LogP contribution in [0.1, 0.15) is 32.8 Å². The van der Waals surface area contributed by atoms with Crippen molar-refractivity contribution >= 4 is 23.2 Å². The minimum Gasteiger partial charge on any atom is -0.464 e. The van der Waals surface area contributed by atoms with Crippen LogP contribution < -0.4 is 5.32 Å². The van der Waals surface area contributed by atoms with E-state index in [1.807, 2.05) is 16.8 Å². The number of rotatable bonds is 10. The zero-order valence-electron chi connectivity index (χ0n) is 14.3. The maximum Gasteiger partial charge on any atom is 0.338 e. The summed E-state index contributed by atoms with van der Waals surface area (Å²) in [5.41, 5.74) is 1.13. The molecule has 134 valence electrons. The fourth-order valence-corrected chi connectivity index (χ4v) is 3.08. The summed E-state index contributed by atoms with van der Waals surface area (Å²) in [7, 11) is 0. The molecule has 1 aromatic heterocycles. The molecule has 1 fully saturated rings. The van der Waals surface area contributed by atoms with Crippen LogP contribution in [0.5, 0.6) is 0 Å². The van der Waals surface area contributed by atoms with Crippen LogP contribution in [0.4, 0.5) is 0 Å². The first kappa shape index (κ1) is 18.9. The molecule has 1 aliphatic heterocycles. The van der Waals surface area contributed by atoms with E-state index in [0.29, 0.717) is 19.1 Å². The summed E-state index contributed by atoms with van der Waals surface area (Å²) >= 11 is 1.63. The second-order valence-corrected chi connectivity index (χ2v) is 6.99. The van der Waals surface area contributed by atoms with Gasteiger partial charge in [-0.2, -0.15) is 11.3 Å². The Hall–Kier alpha value is -1.44. The van der Waals surface area contributed by atoms with Crippen LogP contribution in [0.25, 0.3) is 0 Å². The van der Waals surface area contributed by atoms with Gasteiger partial charge in [-0.25, -0.2) is 4.79 Å². The molecule has 2 rings (SSSR count). The van der Waals surface area contributed by atoms with Gasteiger partial charge < -0.3 is 19.5 Å². The van der Waals surface area contributed by atoms with Crippen molar-refractivity contribution in [1.82, 2.24) is 5.32 Å². The summed E-state index contributed by atoms with van der Waals surface area (Å²) in [5.74, 6) is -0.342. The molecule has 1 aromatic rings. The van der Waals surface area contributed by atoms with Crippen LogP contribution in [0.15, 0.2) is 16.8 Å². The predicted octanol–water partition coefficient (Wildman–Crippen LogP) is 2.13. The van der Waals surface area contributed by atoms with Crippen LogP contribution in [0.3, 0.4) is 0 Å². The molecule has 7 heteroatoms. The van der Waals surface area contributed by atoms with Crippen LogP contribution >= 0.6 is 11.3 Å². The minimum absolute atomic E-state index is 0.108. The lowest BCUT2D eigenvalue weighted by molar-refractivity contribution is -0.144. The Morgan fingerprint density at radius 2 is 2.17 bits per heavy atom. The molecule has 0 saturated carbocycles. The largest absolute Gasteiger partial charge is 0.464 e. The maximum absolute atomic E-state index is 12.2. The fourth-order valence-electron chi connectivity index (χ4n) is 2.43. The van der Waals surface area contributed by atoms with Crippen molar-refractivity contribution in [2.24, 2.45) is 5.92 Å². The molecule has 0 radical (unpaired) electrons. The lowest BCUT2D eigenvalue weighted by Crippen LogP contribution is -2.42. The molecule has 2 heterocycles. The van der Waals surface area contributed by atoms with E-state index in [-0.39, 0.29) is 18.6 Å². The lowest BCUT2D eigenvalue weighted by atomic mass is 10.0. The Bertz CT molecular complexity index is 531. The molecule has 0 bridgehead atoms. The zero-order chi connectivity index (χ0) is 17.5. The highest BCUT2D eigenvalue weighted by atomic mass is 32.1. The number of nitrogens with one attached hydrogen (secondary N) is 1. The average molecular weight is 355 g/mol. The van der Waals surface area contributed by atoms with Gasteiger partial charge >= 0.3 is 5.97 Å². The van der Waals surface area contributed by atoms with Gasteiger partial charge in [-0.15, -0.1) is 0 Å². The van der Waals surface area contributed by atoms with Gasteiger partial charge in [-0.05, 0) is 41.7 Å². The number of hydrogen-bond acceptors (Lipinski definition) is 6. The van der Waals surface area contributed by atoms with Crippen molar-refractivity contribution in [3.8, 4) is 0 Å². The molecule has 1 aliphatic rings. The predicted molar refractivity (Wildman–Crippen MR) is 90.7 cm³/mol. The molecule has 3 atom stereocenters. The van der Waals surface area contributed by atoms with Gasteiger partial charge in [0.05, 0.1) is 25.9 Å². The summed E-state index contributed by atoms with van der Waals surface area (Å²) in [5, 5.41) is 6.97. The topological polar surface area (TPSA) is 77.2 Å². The highest BCUT2D eigenvalue weighted by molar-refractivity contribution is 7.07. The Labute approximate surface area is 146 Å². The first-order valence-corrected chi connectivity index (χ1v) is 9.16. The van der Waals surface area contributed by atoms with E-state index in [1.165, 1.54) is 0 Å². The molecular weight excluding hydrogens is 330 g/mol. The lowest BCUT2D eigenvalue weighted by Gasteiger charge is -2.20. The van der Waals surface area contributed by atoms with E-state index < -0.39 is 18.2 Å². The summed E-state index contributed by atoms with van der Waals surface area (Å²) in [6.45, 7) is 7.13. The van der Waals surface area contributed by atoms with Crippen molar-refractivity contribution in [1.29, 1.82) is 0 Å². The molecule has 1 amide bonds. The van der Waals surface area contributed by atoms with Gasteiger partial charge in [0.2, 0.25) is 0 Å². The Kier molecular flexibility index (Phi) is 7.20. The molecule has 0 aromatic carbocycles. The number of esters is 1. The minimum atomic E-state index is -0.767. The van der Waals surface area contributed by atoms with E-state index in [0.717, 1.165) is 12.0 Å². The summed E-state index contributed by atoms with van der Waals surface area (Å²) in [6.07, 6.45) is -0.710. The fraction of sp³-hybridized carbons (Fsp3) is 0.647. The van der Waals surface area contributed by atoms with Crippen molar-refractivity contribution in [3.63, 3.8) is 0 Å². The molecule has 6 nitrogen and oxygen atoms in total. The van der Waals surface area contributed by atoms with Gasteiger partial charge in [-0.1, -0.05) is 13.8 Å². The number of carbonyl (C=O) groups excluding carboxylic acids is 2. The van der Waals surface area contributed by atoms with E-state index in [1.54, 1.807) is 18.3 Å². The molecule has 1 saturated heterocycles. The summed E-state index contributed by atoms with van der Waals surface area (Å²) < 4.78 is 15.7. The van der Waals surface area contributed by atoms with Gasteiger partial charge in [-0.3, -0.25) is 4.79 Å². The molecule has 0 spiro atoms. The second kappa shape index (κ2) is 9.15. The number of ether oxygens (including phenoxy) is 3. The van der Waals surface area contributed by atoms with Crippen molar-refractivity contribution in [3.05, 3.63) is 22.4 Å². The highest BCUT2D eigenvalue weighted by Crippen LogP contribution is 2.24.